The van der Waals surface area contributed by atoms with E-state index in [0.717, 1.165) is 4.88 Å². The molecule has 0 saturated heterocycles. The molecule has 0 aliphatic rings. The molecule has 0 amide bonds. The van der Waals surface area contributed by atoms with Gasteiger partial charge in [-0.05, 0) is 44.2 Å². The van der Waals surface area contributed by atoms with Crippen LogP contribution in [0, 0.1) is 12.7 Å². The summed E-state index contributed by atoms with van der Waals surface area (Å²) in [6.45, 7) is 2.00. The standard InChI is InChI=1S/C13H15FN2O2S2/c1-9-11(14)3-2-4-12(9)16-20(17,18)13-6-5-10(19-13)7-8-15/h2-6,16H,7-8,15H2,1H3. The van der Waals surface area contributed by atoms with Gasteiger partial charge in [0.1, 0.15) is 10.0 Å². The van der Waals surface area contributed by atoms with Gasteiger partial charge in [-0.1, -0.05) is 6.07 Å². The Kier molecular flexibility index (Phi) is 4.42. The van der Waals surface area contributed by atoms with Crippen LogP contribution >= 0.6 is 11.3 Å². The minimum atomic E-state index is -3.69. The Bertz CT molecular complexity index is 711. The molecular weight excluding hydrogens is 299 g/mol. The van der Waals surface area contributed by atoms with Crippen LogP contribution in [-0.4, -0.2) is 15.0 Å². The average Bonchev–Trinajstić information content (AvgIpc) is 2.85. The summed E-state index contributed by atoms with van der Waals surface area (Å²) >= 11 is 1.17. The molecule has 20 heavy (non-hydrogen) atoms. The van der Waals surface area contributed by atoms with Gasteiger partial charge in [0, 0.05) is 10.4 Å². The molecule has 0 atom stereocenters. The van der Waals surface area contributed by atoms with Crippen molar-refractivity contribution < 1.29 is 12.8 Å². The number of anilines is 1. The van der Waals surface area contributed by atoms with Crippen molar-refractivity contribution in [3.8, 4) is 0 Å². The highest BCUT2D eigenvalue weighted by Crippen LogP contribution is 2.26. The van der Waals surface area contributed by atoms with E-state index in [9.17, 15) is 12.8 Å². The number of nitrogens with one attached hydrogen (secondary N) is 1. The van der Waals surface area contributed by atoms with Crippen molar-refractivity contribution in [2.75, 3.05) is 11.3 Å². The van der Waals surface area contributed by atoms with Crippen molar-refractivity contribution >= 4 is 27.0 Å². The van der Waals surface area contributed by atoms with Crippen LogP contribution in [-0.2, 0) is 16.4 Å². The molecule has 0 aliphatic carbocycles. The van der Waals surface area contributed by atoms with E-state index >= 15 is 0 Å². The molecule has 4 nitrogen and oxygen atoms in total. The zero-order chi connectivity index (χ0) is 14.8. The summed E-state index contributed by atoms with van der Waals surface area (Å²) in [5.74, 6) is -0.444. The van der Waals surface area contributed by atoms with Crippen molar-refractivity contribution in [1.29, 1.82) is 0 Å². The van der Waals surface area contributed by atoms with E-state index in [0.29, 0.717) is 13.0 Å². The fourth-order valence-corrected chi connectivity index (χ4v) is 4.19. The van der Waals surface area contributed by atoms with Gasteiger partial charge in [0.15, 0.2) is 0 Å². The normalized spacial score (nSPS) is 11.6. The predicted octanol–water partition coefficient (Wildman–Crippen LogP) is 2.50. The predicted molar refractivity (Wildman–Crippen MR) is 79.0 cm³/mol. The van der Waals surface area contributed by atoms with Crippen LogP contribution in [0.4, 0.5) is 10.1 Å². The summed E-state index contributed by atoms with van der Waals surface area (Å²) in [5, 5.41) is 0. The number of sulfonamides is 1. The monoisotopic (exact) mass is 314 g/mol. The van der Waals surface area contributed by atoms with Crippen molar-refractivity contribution in [3.63, 3.8) is 0 Å². The lowest BCUT2D eigenvalue weighted by Gasteiger charge is -2.09. The fraction of sp³-hybridized carbons (Fsp3) is 0.231. The van der Waals surface area contributed by atoms with Crippen molar-refractivity contribution in [1.82, 2.24) is 0 Å². The summed E-state index contributed by atoms with van der Waals surface area (Å²) in [7, 11) is -3.69. The van der Waals surface area contributed by atoms with Crippen molar-refractivity contribution in [3.05, 3.63) is 46.6 Å². The number of benzene rings is 1. The van der Waals surface area contributed by atoms with Crippen LogP contribution in [0.3, 0.4) is 0 Å². The van der Waals surface area contributed by atoms with Crippen molar-refractivity contribution in [2.45, 2.75) is 17.6 Å². The van der Waals surface area contributed by atoms with Crippen molar-refractivity contribution in [2.24, 2.45) is 5.73 Å². The molecule has 1 aromatic heterocycles. The molecule has 0 unspecified atom stereocenters. The Balaban J connectivity index is 2.28. The molecule has 0 fully saturated rings. The summed E-state index contributed by atoms with van der Waals surface area (Å²) in [4.78, 5) is 0.906. The molecule has 0 radical (unpaired) electrons. The Morgan fingerprint density at radius 2 is 2.05 bits per heavy atom. The zero-order valence-electron chi connectivity index (χ0n) is 10.9. The first-order valence-corrected chi connectivity index (χ1v) is 8.30. The lowest BCUT2D eigenvalue weighted by atomic mass is 10.2. The summed E-state index contributed by atoms with van der Waals surface area (Å²) in [5.41, 5.74) is 5.96. The first-order chi connectivity index (χ1) is 9.44. The molecule has 3 N–H and O–H groups in total. The molecular formula is C13H15FN2O2S2. The second kappa shape index (κ2) is 5.90. The van der Waals surface area contributed by atoms with Crippen LogP contribution in [0.1, 0.15) is 10.4 Å². The maximum absolute atomic E-state index is 13.4. The van der Waals surface area contributed by atoms with Crippen LogP contribution < -0.4 is 10.5 Å². The van der Waals surface area contributed by atoms with E-state index in [1.54, 1.807) is 6.07 Å². The fourth-order valence-electron chi connectivity index (χ4n) is 1.69. The molecule has 1 heterocycles. The van der Waals surface area contributed by atoms with Gasteiger partial charge >= 0.3 is 0 Å². The highest BCUT2D eigenvalue weighted by atomic mass is 32.2. The number of nitrogens with two attached hydrogens (primary N) is 1. The molecule has 0 saturated carbocycles. The van der Waals surface area contributed by atoms with E-state index < -0.39 is 15.8 Å². The lowest BCUT2D eigenvalue weighted by Crippen LogP contribution is -2.12. The van der Waals surface area contributed by atoms with Gasteiger partial charge in [0.05, 0.1) is 5.69 Å². The smallest absolute Gasteiger partial charge is 0.271 e. The first-order valence-electron chi connectivity index (χ1n) is 6.01. The van der Waals surface area contributed by atoms with E-state index in [4.69, 9.17) is 5.73 Å². The minimum absolute atomic E-state index is 0.199. The van der Waals surface area contributed by atoms with E-state index in [1.807, 2.05) is 0 Å². The summed E-state index contributed by atoms with van der Waals surface area (Å²) in [6.07, 6.45) is 0.638. The van der Waals surface area contributed by atoms with E-state index in [-0.39, 0.29) is 15.5 Å². The number of thiophene rings is 1. The second-order valence-corrected chi connectivity index (χ2v) is 7.35. The Morgan fingerprint density at radius 3 is 2.75 bits per heavy atom. The van der Waals surface area contributed by atoms with Crippen LogP contribution in [0.15, 0.2) is 34.5 Å². The van der Waals surface area contributed by atoms with Crippen LogP contribution in [0.5, 0.6) is 0 Å². The highest BCUT2D eigenvalue weighted by Gasteiger charge is 2.18. The number of rotatable bonds is 5. The van der Waals surface area contributed by atoms with Gasteiger partial charge in [-0.3, -0.25) is 4.72 Å². The maximum atomic E-state index is 13.4. The van der Waals surface area contributed by atoms with Gasteiger partial charge in [-0.25, -0.2) is 12.8 Å². The number of hydrogen-bond acceptors (Lipinski definition) is 4. The quantitative estimate of drug-likeness (QED) is 0.890. The molecule has 2 rings (SSSR count). The number of hydrogen-bond donors (Lipinski definition) is 2. The summed E-state index contributed by atoms with van der Waals surface area (Å²) in [6, 6.07) is 7.56. The second-order valence-electron chi connectivity index (χ2n) is 4.28. The molecule has 0 bridgehead atoms. The van der Waals surface area contributed by atoms with Gasteiger partial charge in [0.25, 0.3) is 10.0 Å². The van der Waals surface area contributed by atoms with Gasteiger partial charge in [-0.2, -0.15) is 0 Å². The first kappa shape index (κ1) is 15.0. The SMILES string of the molecule is Cc1c(F)cccc1NS(=O)(=O)c1ccc(CCN)s1. The molecule has 2 aromatic rings. The molecule has 1 aromatic carbocycles. The van der Waals surface area contributed by atoms with E-state index in [2.05, 4.69) is 4.72 Å². The number of halogens is 1. The third-order valence-electron chi connectivity index (χ3n) is 2.80. The van der Waals surface area contributed by atoms with Gasteiger partial charge < -0.3 is 5.73 Å². The van der Waals surface area contributed by atoms with Crippen LogP contribution in [0.2, 0.25) is 0 Å². The molecule has 0 aliphatic heterocycles. The molecule has 0 spiro atoms. The Morgan fingerprint density at radius 1 is 1.30 bits per heavy atom. The van der Waals surface area contributed by atoms with Gasteiger partial charge in [0.2, 0.25) is 0 Å². The minimum Gasteiger partial charge on any atom is -0.330 e. The average molecular weight is 314 g/mol. The third-order valence-corrected chi connectivity index (χ3v) is 5.81. The lowest BCUT2D eigenvalue weighted by molar-refractivity contribution is 0.602. The van der Waals surface area contributed by atoms with E-state index in [1.165, 1.54) is 42.5 Å². The third kappa shape index (κ3) is 3.17. The van der Waals surface area contributed by atoms with Gasteiger partial charge in [-0.15, -0.1) is 11.3 Å². The Labute approximate surface area is 121 Å². The maximum Gasteiger partial charge on any atom is 0.271 e. The highest BCUT2D eigenvalue weighted by molar-refractivity contribution is 7.94. The topological polar surface area (TPSA) is 72.2 Å². The largest absolute Gasteiger partial charge is 0.330 e. The Hall–Kier alpha value is -1.44. The summed E-state index contributed by atoms with van der Waals surface area (Å²) < 4.78 is 40.5. The zero-order valence-corrected chi connectivity index (χ0v) is 12.5. The van der Waals surface area contributed by atoms with Crippen LogP contribution in [0.25, 0.3) is 0 Å². The molecule has 7 heteroatoms. The molecule has 108 valence electrons.